The number of benzene rings is 1. The highest BCUT2D eigenvalue weighted by atomic mass is 35.5. The normalized spacial score (nSPS) is 11.5. The van der Waals surface area contributed by atoms with Gasteiger partial charge in [0.25, 0.3) is 0 Å². The molecule has 0 radical (unpaired) electrons. The highest BCUT2D eigenvalue weighted by Crippen LogP contribution is 2.19. The third-order valence-corrected chi connectivity index (χ3v) is 4.55. The minimum atomic E-state index is 0.480. The topological polar surface area (TPSA) is 83.4 Å². The van der Waals surface area contributed by atoms with Gasteiger partial charge in [-0.05, 0) is 30.3 Å². The van der Waals surface area contributed by atoms with Crippen LogP contribution in [0.3, 0.4) is 0 Å². The van der Waals surface area contributed by atoms with Crippen molar-refractivity contribution in [3.05, 3.63) is 53.1 Å². The van der Waals surface area contributed by atoms with Crippen LogP contribution in [0.5, 0.6) is 5.75 Å². The summed E-state index contributed by atoms with van der Waals surface area (Å²) in [5, 5.41) is 11.3. The second kappa shape index (κ2) is 8.79. The summed E-state index contributed by atoms with van der Waals surface area (Å²) in [4.78, 5) is 10.9. The fourth-order valence-corrected chi connectivity index (χ4v) is 3.10. The number of hydrogen-bond acceptors (Lipinski definition) is 4. The van der Waals surface area contributed by atoms with Gasteiger partial charge in [-0.3, -0.25) is 10.1 Å². The molecule has 148 valence electrons. The van der Waals surface area contributed by atoms with Crippen molar-refractivity contribution in [1.29, 1.82) is 0 Å². The number of halogens is 1. The molecule has 0 bridgehead atoms. The number of aliphatic imine (C=N–C) groups is 1. The molecular formula is C19H24ClN7O. The number of nitrogens with one attached hydrogen (secondary N) is 2. The van der Waals surface area contributed by atoms with E-state index in [-0.39, 0.29) is 0 Å². The quantitative estimate of drug-likeness (QED) is 0.490. The van der Waals surface area contributed by atoms with Crippen LogP contribution in [0.4, 0.5) is 0 Å². The highest BCUT2D eigenvalue weighted by molar-refractivity contribution is 6.30. The Bertz CT molecular complexity index is 946. The molecule has 0 atom stereocenters. The third kappa shape index (κ3) is 4.64. The van der Waals surface area contributed by atoms with Crippen LogP contribution in [0.1, 0.15) is 11.5 Å². The van der Waals surface area contributed by atoms with Gasteiger partial charge in [-0.2, -0.15) is 5.10 Å². The van der Waals surface area contributed by atoms with Gasteiger partial charge in [0.2, 0.25) is 0 Å². The van der Waals surface area contributed by atoms with E-state index < -0.39 is 0 Å². The molecule has 0 aliphatic rings. The maximum Gasteiger partial charge on any atom is 0.194 e. The zero-order valence-electron chi connectivity index (χ0n) is 16.4. The van der Waals surface area contributed by atoms with E-state index in [1.807, 2.05) is 60.1 Å². The number of guanidine groups is 1. The van der Waals surface area contributed by atoms with Gasteiger partial charge in [0.1, 0.15) is 11.6 Å². The molecule has 9 heteroatoms. The molecule has 0 fully saturated rings. The molecule has 2 N–H and O–H groups in total. The molecule has 8 nitrogen and oxygen atoms in total. The van der Waals surface area contributed by atoms with E-state index in [4.69, 9.17) is 16.3 Å². The van der Waals surface area contributed by atoms with Crippen LogP contribution in [0.2, 0.25) is 5.02 Å². The lowest BCUT2D eigenvalue weighted by Gasteiger charge is -2.21. The van der Waals surface area contributed by atoms with E-state index in [1.54, 1.807) is 14.2 Å². The Kier molecular flexibility index (Phi) is 6.20. The molecule has 3 aromatic rings. The van der Waals surface area contributed by atoms with Gasteiger partial charge in [0.15, 0.2) is 11.8 Å². The number of hydrogen-bond donors (Lipinski definition) is 2. The fourth-order valence-electron chi connectivity index (χ4n) is 2.83. The van der Waals surface area contributed by atoms with Gasteiger partial charge in [0.05, 0.1) is 25.2 Å². The largest absolute Gasteiger partial charge is 0.497 e. The maximum absolute atomic E-state index is 6.06. The van der Waals surface area contributed by atoms with Gasteiger partial charge in [-0.1, -0.05) is 11.6 Å². The average Bonchev–Trinajstić information content (AvgIpc) is 3.28. The number of ether oxygens (including phenoxy) is 1. The fraction of sp³-hybridized carbons (Fsp3) is 0.316. The standard InChI is InChI=1S/C19H24ClN7O/c1-21-19(27(3)12-15-9-14(20)11-26(15)2)22-10-17-23-18(25-24-17)13-5-7-16(28-4)8-6-13/h5-9,11H,10,12H2,1-4H3,(H,21,22)(H,23,24,25). The highest BCUT2D eigenvalue weighted by Gasteiger charge is 2.11. The van der Waals surface area contributed by atoms with E-state index in [1.165, 1.54) is 0 Å². The predicted molar refractivity (Wildman–Crippen MR) is 110 cm³/mol. The monoisotopic (exact) mass is 401 g/mol. The van der Waals surface area contributed by atoms with Crippen LogP contribution in [0.15, 0.2) is 41.5 Å². The Morgan fingerprint density at radius 1 is 1.36 bits per heavy atom. The minimum Gasteiger partial charge on any atom is -0.497 e. The molecule has 0 aliphatic heterocycles. The first-order valence-electron chi connectivity index (χ1n) is 8.78. The second-order valence-electron chi connectivity index (χ2n) is 6.35. The lowest BCUT2D eigenvalue weighted by Crippen LogP contribution is -2.38. The first-order valence-corrected chi connectivity index (χ1v) is 9.16. The van der Waals surface area contributed by atoms with Crippen molar-refractivity contribution >= 4 is 17.6 Å². The SMILES string of the molecule is CN=C(NCc1nc(-c2ccc(OC)cc2)n[nH]1)N(C)Cc1cc(Cl)cn1C. The molecule has 2 heterocycles. The van der Waals surface area contributed by atoms with Crippen molar-refractivity contribution in [3.63, 3.8) is 0 Å². The molecule has 0 unspecified atom stereocenters. The summed E-state index contributed by atoms with van der Waals surface area (Å²) in [6.45, 7) is 1.16. The van der Waals surface area contributed by atoms with E-state index in [9.17, 15) is 0 Å². The van der Waals surface area contributed by atoms with E-state index in [0.717, 1.165) is 33.8 Å². The lowest BCUT2D eigenvalue weighted by atomic mass is 10.2. The van der Waals surface area contributed by atoms with Crippen LogP contribution in [0, 0.1) is 0 Å². The van der Waals surface area contributed by atoms with E-state index in [2.05, 4.69) is 25.5 Å². The van der Waals surface area contributed by atoms with Gasteiger partial charge in [-0.25, -0.2) is 4.98 Å². The average molecular weight is 402 g/mol. The lowest BCUT2D eigenvalue weighted by molar-refractivity contribution is 0.415. The summed E-state index contributed by atoms with van der Waals surface area (Å²) in [7, 11) is 7.34. The van der Waals surface area contributed by atoms with E-state index >= 15 is 0 Å². The van der Waals surface area contributed by atoms with Crippen LogP contribution in [-0.4, -0.2) is 51.8 Å². The van der Waals surface area contributed by atoms with Gasteiger partial charge in [0, 0.05) is 38.6 Å². The Hall–Kier alpha value is -3.00. The zero-order valence-corrected chi connectivity index (χ0v) is 17.2. The van der Waals surface area contributed by atoms with Gasteiger partial charge < -0.3 is 19.5 Å². The first-order chi connectivity index (χ1) is 13.5. The van der Waals surface area contributed by atoms with Gasteiger partial charge in [-0.15, -0.1) is 0 Å². The van der Waals surface area contributed by atoms with Crippen LogP contribution >= 0.6 is 11.6 Å². The molecule has 0 amide bonds. The van der Waals surface area contributed by atoms with Crippen molar-refractivity contribution in [2.45, 2.75) is 13.1 Å². The Morgan fingerprint density at radius 3 is 2.71 bits per heavy atom. The smallest absolute Gasteiger partial charge is 0.194 e. The van der Waals surface area contributed by atoms with Crippen LogP contribution < -0.4 is 10.1 Å². The summed E-state index contributed by atoms with van der Waals surface area (Å²) >= 11 is 6.06. The predicted octanol–water partition coefficient (Wildman–Crippen LogP) is 2.68. The van der Waals surface area contributed by atoms with Crippen molar-refractivity contribution in [3.8, 4) is 17.1 Å². The minimum absolute atomic E-state index is 0.480. The molecule has 2 aromatic heterocycles. The molecule has 3 rings (SSSR count). The number of nitrogens with zero attached hydrogens (tertiary/aromatic N) is 5. The molecule has 0 aliphatic carbocycles. The number of H-pyrrole nitrogens is 1. The number of rotatable bonds is 6. The van der Waals surface area contributed by atoms with E-state index in [0.29, 0.717) is 18.9 Å². The molecule has 0 saturated heterocycles. The summed E-state index contributed by atoms with van der Waals surface area (Å²) in [6, 6.07) is 9.57. The molecular weight excluding hydrogens is 378 g/mol. The molecule has 28 heavy (non-hydrogen) atoms. The zero-order chi connectivity index (χ0) is 20.1. The van der Waals surface area contributed by atoms with Crippen LogP contribution in [-0.2, 0) is 20.1 Å². The Balaban J connectivity index is 1.60. The van der Waals surface area contributed by atoms with Crippen molar-refractivity contribution < 1.29 is 4.74 Å². The van der Waals surface area contributed by atoms with Crippen LogP contribution in [0.25, 0.3) is 11.4 Å². The van der Waals surface area contributed by atoms with Crippen molar-refractivity contribution in [2.24, 2.45) is 12.0 Å². The number of aryl methyl sites for hydroxylation is 1. The number of aromatic amines is 1. The third-order valence-electron chi connectivity index (χ3n) is 4.34. The van der Waals surface area contributed by atoms with Crippen molar-refractivity contribution in [1.82, 2.24) is 30.0 Å². The molecule has 0 spiro atoms. The summed E-state index contributed by atoms with van der Waals surface area (Å²) in [6.07, 6.45) is 1.89. The summed E-state index contributed by atoms with van der Waals surface area (Å²) in [5.41, 5.74) is 2.02. The molecule has 1 aromatic carbocycles. The maximum atomic E-state index is 6.06. The summed E-state index contributed by atoms with van der Waals surface area (Å²) in [5.74, 6) is 2.91. The first kappa shape index (κ1) is 19.8. The Labute approximate surface area is 169 Å². The van der Waals surface area contributed by atoms with Gasteiger partial charge >= 0.3 is 0 Å². The summed E-state index contributed by atoms with van der Waals surface area (Å²) < 4.78 is 7.18. The molecule has 0 saturated carbocycles. The second-order valence-corrected chi connectivity index (χ2v) is 6.79. The Morgan fingerprint density at radius 2 is 2.11 bits per heavy atom. The number of aromatic nitrogens is 4. The van der Waals surface area contributed by atoms with Crippen molar-refractivity contribution in [2.75, 3.05) is 21.2 Å². The number of methoxy groups -OCH3 is 1.